The molecule has 6 heteroatoms. The van der Waals surface area contributed by atoms with E-state index in [0.29, 0.717) is 5.95 Å². The molecule has 21 heavy (non-hydrogen) atoms. The van der Waals surface area contributed by atoms with E-state index in [2.05, 4.69) is 9.97 Å². The highest BCUT2D eigenvalue weighted by molar-refractivity contribution is 6.62. The molecule has 2 aromatic rings. The van der Waals surface area contributed by atoms with Crippen LogP contribution in [-0.4, -0.2) is 28.3 Å². The number of nitrogen functional groups attached to an aromatic ring is 1. The third kappa shape index (κ3) is 2.28. The van der Waals surface area contributed by atoms with Gasteiger partial charge in [0.05, 0.1) is 22.4 Å². The van der Waals surface area contributed by atoms with Crippen LogP contribution in [0, 0.1) is 6.92 Å². The molecule has 1 aliphatic rings. The molecule has 0 bridgehead atoms. The Morgan fingerprint density at radius 2 is 1.67 bits per heavy atom. The molecule has 1 saturated heterocycles. The fourth-order valence-electron chi connectivity index (χ4n) is 2.45. The summed E-state index contributed by atoms with van der Waals surface area (Å²) < 4.78 is 12.1. The van der Waals surface area contributed by atoms with E-state index in [1.807, 2.05) is 52.8 Å². The van der Waals surface area contributed by atoms with Gasteiger partial charge in [0, 0.05) is 5.39 Å². The maximum Gasteiger partial charge on any atom is 0.494 e. The molecule has 1 fully saturated rings. The van der Waals surface area contributed by atoms with Crippen molar-refractivity contribution in [3.05, 3.63) is 23.9 Å². The largest absolute Gasteiger partial charge is 0.494 e. The molecule has 2 N–H and O–H groups in total. The molecule has 0 radical (unpaired) electrons. The standard InChI is InChI=1S/C15H20BN3O2/c1-9-11-8-10(6-7-12(11)19-13(17)18-9)16-20-14(2,3)15(4,5)21-16/h6-8H,1-5H3,(H2,17,18,19). The minimum Gasteiger partial charge on any atom is -0.399 e. The monoisotopic (exact) mass is 285 g/mol. The smallest absolute Gasteiger partial charge is 0.399 e. The van der Waals surface area contributed by atoms with Gasteiger partial charge < -0.3 is 15.0 Å². The molecule has 0 amide bonds. The van der Waals surface area contributed by atoms with E-state index in [9.17, 15) is 0 Å². The first-order valence-corrected chi connectivity index (χ1v) is 7.09. The summed E-state index contributed by atoms with van der Waals surface area (Å²) >= 11 is 0. The third-order valence-corrected chi connectivity index (χ3v) is 4.45. The lowest BCUT2D eigenvalue weighted by Gasteiger charge is -2.32. The zero-order valence-electron chi connectivity index (χ0n) is 13.1. The SMILES string of the molecule is Cc1nc(N)nc2ccc(B3OC(C)(C)C(C)(C)O3)cc12. The van der Waals surface area contributed by atoms with Crippen molar-refractivity contribution in [2.45, 2.75) is 45.8 Å². The number of aromatic nitrogens is 2. The Labute approximate surface area is 125 Å². The van der Waals surface area contributed by atoms with E-state index < -0.39 is 0 Å². The first-order chi connectivity index (χ1) is 9.69. The average molecular weight is 285 g/mol. The van der Waals surface area contributed by atoms with Gasteiger partial charge in [-0.2, -0.15) is 0 Å². The zero-order valence-corrected chi connectivity index (χ0v) is 13.1. The summed E-state index contributed by atoms with van der Waals surface area (Å²) in [6, 6.07) is 5.92. The van der Waals surface area contributed by atoms with Crippen LogP contribution in [0.1, 0.15) is 33.4 Å². The molecule has 2 heterocycles. The fraction of sp³-hybridized carbons (Fsp3) is 0.467. The van der Waals surface area contributed by atoms with E-state index in [0.717, 1.165) is 22.1 Å². The highest BCUT2D eigenvalue weighted by atomic mass is 16.7. The van der Waals surface area contributed by atoms with E-state index in [1.165, 1.54) is 0 Å². The Balaban J connectivity index is 2.03. The molecule has 0 unspecified atom stereocenters. The number of fused-ring (bicyclic) bond motifs is 1. The van der Waals surface area contributed by atoms with Crippen molar-refractivity contribution in [1.29, 1.82) is 0 Å². The topological polar surface area (TPSA) is 70.3 Å². The maximum atomic E-state index is 6.07. The summed E-state index contributed by atoms with van der Waals surface area (Å²) in [6.07, 6.45) is 0. The number of aryl methyl sites for hydroxylation is 1. The summed E-state index contributed by atoms with van der Waals surface area (Å²) in [5, 5.41) is 0.969. The zero-order chi connectivity index (χ0) is 15.4. The molecule has 110 valence electrons. The van der Waals surface area contributed by atoms with Crippen LogP contribution in [0.15, 0.2) is 18.2 Å². The summed E-state index contributed by atoms with van der Waals surface area (Å²) in [7, 11) is -0.378. The summed E-state index contributed by atoms with van der Waals surface area (Å²) in [4.78, 5) is 8.46. The molecule has 0 aliphatic carbocycles. The van der Waals surface area contributed by atoms with Gasteiger partial charge in [0.1, 0.15) is 0 Å². The number of nitrogens with zero attached hydrogens (tertiary/aromatic N) is 2. The number of hydrogen-bond donors (Lipinski definition) is 1. The van der Waals surface area contributed by atoms with Gasteiger partial charge in [0.15, 0.2) is 0 Å². The van der Waals surface area contributed by atoms with Crippen molar-refractivity contribution in [2.75, 3.05) is 5.73 Å². The first kappa shape index (κ1) is 14.3. The van der Waals surface area contributed by atoms with Crippen molar-refractivity contribution in [2.24, 2.45) is 0 Å². The highest BCUT2D eigenvalue weighted by Gasteiger charge is 2.51. The highest BCUT2D eigenvalue weighted by Crippen LogP contribution is 2.36. The van der Waals surface area contributed by atoms with Crippen LogP contribution in [0.4, 0.5) is 5.95 Å². The van der Waals surface area contributed by atoms with Crippen LogP contribution in [0.3, 0.4) is 0 Å². The quantitative estimate of drug-likeness (QED) is 0.809. The van der Waals surface area contributed by atoms with Gasteiger partial charge in [-0.25, -0.2) is 9.97 Å². The van der Waals surface area contributed by atoms with Crippen molar-refractivity contribution in [3.8, 4) is 0 Å². The predicted molar refractivity (Wildman–Crippen MR) is 84.4 cm³/mol. The molecule has 3 rings (SSSR count). The lowest BCUT2D eigenvalue weighted by Crippen LogP contribution is -2.41. The van der Waals surface area contributed by atoms with E-state index in [-0.39, 0.29) is 18.3 Å². The minimum absolute atomic E-state index is 0.295. The van der Waals surface area contributed by atoms with Crippen LogP contribution in [-0.2, 0) is 9.31 Å². The lowest BCUT2D eigenvalue weighted by atomic mass is 9.78. The van der Waals surface area contributed by atoms with E-state index in [4.69, 9.17) is 15.0 Å². The Morgan fingerprint density at radius 1 is 1.05 bits per heavy atom. The molecular weight excluding hydrogens is 265 g/mol. The maximum absolute atomic E-state index is 6.07. The first-order valence-electron chi connectivity index (χ1n) is 7.09. The van der Waals surface area contributed by atoms with Crippen LogP contribution in [0.25, 0.3) is 10.9 Å². The number of hydrogen-bond acceptors (Lipinski definition) is 5. The van der Waals surface area contributed by atoms with Gasteiger partial charge in [-0.1, -0.05) is 12.1 Å². The van der Waals surface area contributed by atoms with Gasteiger partial charge in [-0.3, -0.25) is 0 Å². The molecule has 0 atom stereocenters. The van der Waals surface area contributed by atoms with E-state index in [1.54, 1.807) is 0 Å². The summed E-state index contributed by atoms with van der Waals surface area (Å²) in [6.45, 7) is 10.1. The lowest BCUT2D eigenvalue weighted by molar-refractivity contribution is 0.00578. The van der Waals surface area contributed by atoms with Gasteiger partial charge in [-0.15, -0.1) is 0 Å². The second-order valence-corrected chi connectivity index (χ2v) is 6.53. The van der Waals surface area contributed by atoms with Crippen molar-refractivity contribution >= 4 is 29.4 Å². The second-order valence-electron chi connectivity index (χ2n) is 6.53. The number of benzene rings is 1. The van der Waals surface area contributed by atoms with Crippen LogP contribution < -0.4 is 11.2 Å². The molecule has 0 saturated carbocycles. The summed E-state index contributed by atoms with van der Waals surface area (Å²) in [5.74, 6) is 0.295. The average Bonchev–Trinajstić information content (AvgIpc) is 2.58. The van der Waals surface area contributed by atoms with Gasteiger partial charge in [0.25, 0.3) is 0 Å². The summed E-state index contributed by atoms with van der Waals surface area (Å²) in [5.41, 5.74) is 7.65. The Bertz CT molecular complexity index is 699. The molecule has 0 spiro atoms. The Kier molecular flexibility index (Phi) is 3.01. The molecule has 1 aromatic carbocycles. The molecule has 5 nitrogen and oxygen atoms in total. The molecule has 1 aliphatic heterocycles. The fourth-order valence-corrected chi connectivity index (χ4v) is 2.45. The Hall–Kier alpha value is -1.66. The van der Waals surface area contributed by atoms with Crippen LogP contribution in [0.5, 0.6) is 0 Å². The number of rotatable bonds is 1. The minimum atomic E-state index is -0.378. The van der Waals surface area contributed by atoms with Gasteiger partial charge in [-0.05, 0) is 46.1 Å². The van der Waals surface area contributed by atoms with Gasteiger partial charge >= 0.3 is 7.12 Å². The van der Waals surface area contributed by atoms with Crippen LogP contribution in [0.2, 0.25) is 0 Å². The number of anilines is 1. The molecular formula is C15H20BN3O2. The van der Waals surface area contributed by atoms with Gasteiger partial charge in [0.2, 0.25) is 5.95 Å². The third-order valence-electron chi connectivity index (χ3n) is 4.45. The molecule has 1 aromatic heterocycles. The van der Waals surface area contributed by atoms with Crippen LogP contribution >= 0.6 is 0 Å². The van der Waals surface area contributed by atoms with Crippen molar-refractivity contribution in [1.82, 2.24) is 9.97 Å². The Morgan fingerprint density at radius 3 is 2.29 bits per heavy atom. The van der Waals surface area contributed by atoms with Crippen molar-refractivity contribution in [3.63, 3.8) is 0 Å². The number of nitrogens with two attached hydrogens (primary N) is 1. The van der Waals surface area contributed by atoms with E-state index >= 15 is 0 Å². The normalized spacial score (nSPS) is 20.1. The predicted octanol–water partition coefficient (Wildman–Crippen LogP) is 1.82. The second kappa shape index (κ2) is 4.42. The van der Waals surface area contributed by atoms with Crippen molar-refractivity contribution < 1.29 is 9.31 Å².